The zero-order valence-corrected chi connectivity index (χ0v) is 8.57. The molecule has 0 aliphatic heterocycles. The van der Waals surface area contributed by atoms with E-state index in [2.05, 4.69) is 44.6 Å². The Morgan fingerprint density at radius 2 is 2.08 bits per heavy atom. The molecule has 0 aromatic carbocycles. The van der Waals surface area contributed by atoms with Crippen LogP contribution in [0, 0.1) is 23.8 Å². The summed E-state index contributed by atoms with van der Waals surface area (Å²) in [5.74, 6) is 4.16. The fourth-order valence-electron chi connectivity index (χ4n) is 0.954. The summed E-state index contributed by atoms with van der Waals surface area (Å²) in [5, 5.41) is 2.79. The maximum absolute atomic E-state index is 3.95. The zero-order chi connectivity index (χ0) is 9.56. The first kappa shape index (κ1) is 11.1. The second-order valence-electron chi connectivity index (χ2n) is 3.20. The van der Waals surface area contributed by atoms with Crippen molar-refractivity contribution in [3.05, 3.63) is 12.2 Å². The van der Waals surface area contributed by atoms with Gasteiger partial charge in [0.05, 0.1) is 0 Å². The molecule has 12 heavy (non-hydrogen) atoms. The molecule has 1 nitrogen and oxygen atoms in total. The van der Waals surface area contributed by atoms with Crippen molar-refractivity contribution in [3.8, 4) is 12.0 Å². The Morgan fingerprint density at radius 3 is 2.50 bits per heavy atom. The van der Waals surface area contributed by atoms with Crippen molar-refractivity contribution in [3.63, 3.8) is 0 Å². The first-order chi connectivity index (χ1) is 5.63. The van der Waals surface area contributed by atoms with Gasteiger partial charge < -0.3 is 5.32 Å². The van der Waals surface area contributed by atoms with Crippen molar-refractivity contribution in [1.29, 1.82) is 0 Å². The molecule has 0 aliphatic rings. The predicted octanol–water partition coefficient (Wildman–Crippen LogP) is 2.41. The van der Waals surface area contributed by atoms with Crippen LogP contribution in [0.15, 0.2) is 12.2 Å². The van der Waals surface area contributed by atoms with Crippen LogP contribution in [0.25, 0.3) is 0 Å². The number of hydrogen-bond donors (Lipinski definition) is 1. The van der Waals surface area contributed by atoms with Crippen LogP contribution in [0.3, 0.4) is 0 Å². The fourth-order valence-corrected chi connectivity index (χ4v) is 0.954. The van der Waals surface area contributed by atoms with Crippen molar-refractivity contribution in [2.45, 2.75) is 27.2 Å². The number of hydrogen-bond acceptors (Lipinski definition) is 1. The molecule has 0 spiro atoms. The SMILES string of the molecule is C=C(C#CNC)C(C)C(C)CC. The van der Waals surface area contributed by atoms with E-state index in [9.17, 15) is 0 Å². The Labute approximate surface area is 76.2 Å². The first-order valence-corrected chi connectivity index (χ1v) is 4.50. The van der Waals surface area contributed by atoms with Gasteiger partial charge in [0.15, 0.2) is 0 Å². The van der Waals surface area contributed by atoms with E-state index in [0.29, 0.717) is 11.8 Å². The summed E-state index contributed by atoms with van der Waals surface area (Å²) < 4.78 is 0. The Bertz CT molecular complexity index is 195. The fraction of sp³-hybridized carbons (Fsp3) is 0.636. The van der Waals surface area contributed by atoms with Gasteiger partial charge >= 0.3 is 0 Å². The third-order valence-electron chi connectivity index (χ3n) is 2.40. The lowest BCUT2D eigenvalue weighted by atomic mass is 9.88. The van der Waals surface area contributed by atoms with Gasteiger partial charge in [-0.3, -0.25) is 0 Å². The molecule has 1 N–H and O–H groups in total. The molecule has 0 heterocycles. The second-order valence-corrected chi connectivity index (χ2v) is 3.20. The molecular weight excluding hydrogens is 146 g/mol. The van der Waals surface area contributed by atoms with Crippen molar-refractivity contribution in [2.24, 2.45) is 11.8 Å². The van der Waals surface area contributed by atoms with Crippen molar-refractivity contribution in [1.82, 2.24) is 5.32 Å². The highest BCUT2D eigenvalue weighted by molar-refractivity contribution is 5.27. The van der Waals surface area contributed by atoms with Crippen LogP contribution in [-0.4, -0.2) is 7.05 Å². The van der Waals surface area contributed by atoms with Gasteiger partial charge in [-0.1, -0.05) is 33.8 Å². The van der Waals surface area contributed by atoms with Crippen molar-refractivity contribution in [2.75, 3.05) is 7.05 Å². The second kappa shape index (κ2) is 5.71. The topological polar surface area (TPSA) is 12.0 Å². The van der Waals surface area contributed by atoms with E-state index in [1.54, 1.807) is 0 Å². The normalized spacial score (nSPS) is 14.0. The van der Waals surface area contributed by atoms with Crippen LogP contribution in [0.1, 0.15) is 27.2 Å². The molecule has 0 aliphatic carbocycles. The lowest BCUT2D eigenvalue weighted by Crippen LogP contribution is -2.08. The van der Waals surface area contributed by atoms with Crippen molar-refractivity contribution >= 4 is 0 Å². The molecule has 1 heteroatoms. The monoisotopic (exact) mass is 165 g/mol. The molecule has 0 saturated carbocycles. The third-order valence-corrected chi connectivity index (χ3v) is 2.40. The quantitative estimate of drug-likeness (QED) is 0.500. The minimum atomic E-state index is 0.496. The van der Waals surface area contributed by atoms with Crippen LogP contribution in [0.2, 0.25) is 0 Å². The summed E-state index contributed by atoms with van der Waals surface area (Å²) in [6.45, 7) is 10.6. The molecule has 0 bridgehead atoms. The third kappa shape index (κ3) is 3.48. The summed E-state index contributed by atoms with van der Waals surface area (Å²) in [7, 11) is 1.81. The van der Waals surface area contributed by atoms with Crippen LogP contribution >= 0.6 is 0 Å². The summed E-state index contributed by atoms with van der Waals surface area (Å²) in [6.07, 6.45) is 1.18. The average Bonchev–Trinajstić information content (AvgIpc) is 2.11. The predicted molar refractivity (Wildman–Crippen MR) is 54.6 cm³/mol. The summed E-state index contributed by atoms with van der Waals surface area (Å²) in [4.78, 5) is 0. The average molecular weight is 165 g/mol. The lowest BCUT2D eigenvalue weighted by Gasteiger charge is -2.16. The maximum Gasteiger partial charge on any atom is 0.0116 e. The minimum Gasteiger partial charge on any atom is -0.349 e. The highest BCUT2D eigenvalue weighted by Gasteiger charge is 2.11. The van der Waals surface area contributed by atoms with E-state index in [-0.39, 0.29) is 0 Å². The summed E-state index contributed by atoms with van der Waals surface area (Å²) in [5.41, 5.74) is 1.03. The molecule has 0 radical (unpaired) electrons. The lowest BCUT2D eigenvalue weighted by molar-refractivity contribution is 0.436. The van der Waals surface area contributed by atoms with E-state index >= 15 is 0 Å². The Kier molecular flexibility index (Phi) is 5.28. The van der Waals surface area contributed by atoms with Crippen LogP contribution in [0.4, 0.5) is 0 Å². The Morgan fingerprint density at radius 1 is 1.50 bits per heavy atom. The van der Waals surface area contributed by atoms with E-state index in [4.69, 9.17) is 0 Å². The molecule has 0 aromatic heterocycles. The Hall–Kier alpha value is -0.900. The van der Waals surface area contributed by atoms with E-state index in [1.807, 2.05) is 7.05 Å². The molecule has 0 rings (SSSR count). The number of allylic oxidation sites excluding steroid dienone is 1. The van der Waals surface area contributed by atoms with Crippen LogP contribution in [-0.2, 0) is 0 Å². The zero-order valence-electron chi connectivity index (χ0n) is 8.57. The molecule has 0 saturated heterocycles. The van der Waals surface area contributed by atoms with E-state index < -0.39 is 0 Å². The molecule has 0 fully saturated rings. The smallest absolute Gasteiger partial charge is 0.0116 e. The van der Waals surface area contributed by atoms with Crippen LogP contribution < -0.4 is 5.32 Å². The highest BCUT2D eigenvalue weighted by Crippen LogP contribution is 2.20. The van der Waals surface area contributed by atoms with Crippen molar-refractivity contribution < 1.29 is 0 Å². The number of nitrogens with one attached hydrogen (secondary N) is 1. The molecule has 2 atom stereocenters. The first-order valence-electron chi connectivity index (χ1n) is 4.50. The molecule has 68 valence electrons. The summed E-state index contributed by atoms with van der Waals surface area (Å²) >= 11 is 0. The summed E-state index contributed by atoms with van der Waals surface area (Å²) in [6, 6.07) is 2.81. The molecule has 0 amide bonds. The van der Waals surface area contributed by atoms with Gasteiger partial charge in [-0.25, -0.2) is 0 Å². The number of rotatable bonds is 3. The standard InChI is InChI=1S/C11H19N/c1-6-9(2)11(4)10(3)7-8-12-5/h9,11-12H,3,6H2,1-2,4-5H3. The van der Waals surface area contributed by atoms with Gasteiger partial charge in [0.2, 0.25) is 0 Å². The maximum atomic E-state index is 3.95. The van der Waals surface area contributed by atoms with E-state index in [1.165, 1.54) is 6.42 Å². The van der Waals surface area contributed by atoms with Gasteiger partial charge in [-0.2, -0.15) is 0 Å². The minimum absolute atomic E-state index is 0.496. The molecular formula is C11H19N. The molecule has 0 aromatic rings. The van der Waals surface area contributed by atoms with Crippen LogP contribution in [0.5, 0.6) is 0 Å². The largest absolute Gasteiger partial charge is 0.349 e. The highest BCUT2D eigenvalue weighted by atomic mass is 14.8. The van der Waals surface area contributed by atoms with Gasteiger partial charge in [-0.05, 0) is 23.3 Å². The van der Waals surface area contributed by atoms with Gasteiger partial charge in [0.1, 0.15) is 0 Å². The Balaban J connectivity index is 4.10. The van der Waals surface area contributed by atoms with Gasteiger partial charge in [-0.15, -0.1) is 0 Å². The molecule has 2 unspecified atom stereocenters. The van der Waals surface area contributed by atoms with Gasteiger partial charge in [0, 0.05) is 13.1 Å². The van der Waals surface area contributed by atoms with E-state index in [0.717, 1.165) is 5.57 Å². The van der Waals surface area contributed by atoms with Gasteiger partial charge in [0.25, 0.3) is 0 Å².